The van der Waals surface area contributed by atoms with Gasteiger partial charge in [-0.25, -0.2) is 0 Å². The fourth-order valence-corrected chi connectivity index (χ4v) is 2.47. The maximum absolute atomic E-state index is 12.4. The summed E-state index contributed by atoms with van der Waals surface area (Å²) in [6.45, 7) is 11.9. The van der Waals surface area contributed by atoms with Crippen molar-refractivity contribution in [1.29, 1.82) is 0 Å². The Kier molecular flexibility index (Phi) is 5.09. The molecule has 1 atom stereocenters. The number of nitrogens with one attached hydrogen (secondary N) is 1. The average molecular weight is 311 g/mol. The Morgan fingerprint density at radius 2 is 1.65 bits per heavy atom. The van der Waals surface area contributed by atoms with E-state index in [1.807, 2.05) is 52.0 Å². The van der Waals surface area contributed by atoms with Gasteiger partial charge in [0.2, 0.25) is 0 Å². The highest BCUT2D eigenvalue weighted by molar-refractivity contribution is 5.94. The summed E-state index contributed by atoms with van der Waals surface area (Å²) in [4.78, 5) is 12.4. The number of aryl methyl sites for hydroxylation is 4. The summed E-state index contributed by atoms with van der Waals surface area (Å²) in [6, 6.07) is 10.1. The van der Waals surface area contributed by atoms with Crippen molar-refractivity contribution in [1.82, 2.24) is 0 Å². The molecule has 0 spiro atoms. The topological polar surface area (TPSA) is 38.3 Å². The number of rotatable bonds is 4. The lowest BCUT2D eigenvalue weighted by atomic mass is 10.1. The molecule has 0 saturated heterocycles. The SMILES string of the molecule is Cc1ccc(C)c(NC(=O)C(C)Oc2cc(C)cc(C)c2C)c1. The van der Waals surface area contributed by atoms with E-state index >= 15 is 0 Å². The Hall–Kier alpha value is -2.29. The Labute approximate surface area is 138 Å². The standard InChI is InChI=1S/C20H25NO2/c1-12-7-8-14(3)18(10-12)21-20(22)17(6)23-19-11-13(2)9-15(4)16(19)5/h7-11,17H,1-6H3,(H,21,22). The summed E-state index contributed by atoms with van der Waals surface area (Å²) < 4.78 is 5.90. The van der Waals surface area contributed by atoms with Gasteiger partial charge in [0.1, 0.15) is 5.75 Å². The predicted molar refractivity (Wildman–Crippen MR) is 95.3 cm³/mol. The molecule has 23 heavy (non-hydrogen) atoms. The highest BCUT2D eigenvalue weighted by Gasteiger charge is 2.17. The van der Waals surface area contributed by atoms with Crippen molar-refractivity contribution in [3.8, 4) is 5.75 Å². The van der Waals surface area contributed by atoms with Gasteiger partial charge in [-0.3, -0.25) is 4.79 Å². The van der Waals surface area contributed by atoms with Gasteiger partial charge in [-0.05, 0) is 81.5 Å². The summed E-state index contributed by atoms with van der Waals surface area (Å²) >= 11 is 0. The van der Waals surface area contributed by atoms with E-state index in [0.29, 0.717) is 0 Å². The van der Waals surface area contributed by atoms with Gasteiger partial charge in [0.15, 0.2) is 6.10 Å². The zero-order valence-corrected chi connectivity index (χ0v) is 14.8. The monoisotopic (exact) mass is 311 g/mol. The van der Waals surface area contributed by atoms with Crippen LogP contribution in [0.2, 0.25) is 0 Å². The number of carbonyl (C=O) groups is 1. The maximum atomic E-state index is 12.4. The van der Waals surface area contributed by atoms with Gasteiger partial charge in [0.25, 0.3) is 5.91 Å². The molecule has 122 valence electrons. The number of hydrogen-bond acceptors (Lipinski definition) is 2. The molecule has 0 aromatic heterocycles. The van der Waals surface area contributed by atoms with Crippen molar-refractivity contribution in [2.75, 3.05) is 5.32 Å². The highest BCUT2D eigenvalue weighted by atomic mass is 16.5. The second kappa shape index (κ2) is 6.86. The molecule has 1 unspecified atom stereocenters. The molecule has 3 nitrogen and oxygen atoms in total. The molecule has 3 heteroatoms. The largest absolute Gasteiger partial charge is 0.481 e. The Balaban J connectivity index is 2.13. The fourth-order valence-electron chi connectivity index (χ4n) is 2.47. The summed E-state index contributed by atoms with van der Waals surface area (Å²) in [5.41, 5.74) is 6.36. The van der Waals surface area contributed by atoms with Gasteiger partial charge in [0.05, 0.1) is 0 Å². The van der Waals surface area contributed by atoms with Crippen molar-refractivity contribution in [2.45, 2.75) is 47.6 Å². The molecule has 1 amide bonds. The second-order valence-electron chi connectivity index (χ2n) is 6.27. The van der Waals surface area contributed by atoms with Crippen LogP contribution in [-0.2, 0) is 4.79 Å². The van der Waals surface area contributed by atoms with Crippen LogP contribution in [-0.4, -0.2) is 12.0 Å². The molecule has 0 aliphatic rings. The Morgan fingerprint density at radius 3 is 2.35 bits per heavy atom. The number of ether oxygens (including phenoxy) is 1. The van der Waals surface area contributed by atoms with Crippen LogP contribution < -0.4 is 10.1 Å². The van der Waals surface area contributed by atoms with Crippen LogP contribution in [0, 0.1) is 34.6 Å². The fraction of sp³-hybridized carbons (Fsp3) is 0.350. The lowest BCUT2D eigenvalue weighted by molar-refractivity contribution is -0.122. The summed E-state index contributed by atoms with van der Waals surface area (Å²) in [6.07, 6.45) is -0.560. The van der Waals surface area contributed by atoms with Gasteiger partial charge in [-0.2, -0.15) is 0 Å². The van der Waals surface area contributed by atoms with Crippen LogP contribution >= 0.6 is 0 Å². The summed E-state index contributed by atoms with van der Waals surface area (Å²) in [5, 5.41) is 2.96. The first-order valence-electron chi connectivity index (χ1n) is 7.90. The van der Waals surface area contributed by atoms with E-state index in [2.05, 4.69) is 18.3 Å². The average Bonchev–Trinajstić information content (AvgIpc) is 2.47. The zero-order chi connectivity index (χ0) is 17.1. The van der Waals surface area contributed by atoms with Gasteiger partial charge >= 0.3 is 0 Å². The van der Waals surface area contributed by atoms with Crippen LogP contribution in [0.25, 0.3) is 0 Å². The number of hydrogen-bond donors (Lipinski definition) is 1. The normalized spacial score (nSPS) is 11.9. The molecule has 2 aromatic carbocycles. The van der Waals surface area contributed by atoms with Gasteiger partial charge in [0, 0.05) is 5.69 Å². The smallest absolute Gasteiger partial charge is 0.265 e. The number of amides is 1. The minimum atomic E-state index is -0.560. The van der Waals surface area contributed by atoms with E-state index in [0.717, 1.165) is 33.7 Å². The van der Waals surface area contributed by atoms with E-state index in [1.54, 1.807) is 6.92 Å². The van der Waals surface area contributed by atoms with Crippen LogP contribution in [0.1, 0.15) is 34.7 Å². The van der Waals surface area contributed by atoms with E-state index in [9.17, 15) is 4.79 Å². The molecule has 1 N–H and O–H groups in total. The molecular weight excluding hydrogens is 286 g/mol. The zero-order valence-electron chi connectivity index (χ0n) is 14.8. The molecule has 2 rings (SSSR count). The van der Waals surface area contributed by atoms with E-state index < -0.39 is 6.10 Å². The molecule has 0 bridgehead atoms. The maximum Gasteiger partial charge on any atom is 0.265 e. The Morgan fingerprint density at radius 1 is 0.957 bits per heavy atom. The third-order valence-electron chi connectivity index (χ3n) is 4.09. The molecule has 0 aliphatic carbocycles. The minimum absolute atomic E-state index is 0.141. The van der Waals surface area contributed by atoms with Crippen molar-refractivity contribution in [3.63, 3.8) is 0 Å². The van der Waals surface area contributed by atoms with E-state index in [4.69, 9.17) is 4.74 Å². The first kappa shape index (κ1) is 17.1. The van der Waals surface area contributed by atoms with Gasteiger partial charge < -0.3 is 10.1 Å². The summed E-state index contributed by atoms with van der Waals surface area (Å²) in [5.74, 6) is 0.628. The molecule has 0 saturated carbocycles. The van der Waals surface area contributed by atoms with Crippen molar-refractivity contribution in [2.24, 2.45) is 0 Å². The molecule has 0 aliphatic heterocycles. The number of benzene rings is 2. The molecular formula is C20H25NO2. The van der Waals surface area contributed by atoms with Crippen molar-refractivity contribution in [3.05, 3.63) is 58.1 Å². The number of anilines is 1. The van der Waals surface area contributed by atoms with E-state index in [1.165, 1.54) is 5.56 Å². The molecule has 2 aromatic rings. The van der Waals surface area contributed by atoms with Gasteiger partial charge in [-0.15, -0.1) is 0 Å². The molecule has 0 heterocycles. The second-order valence-corrected chi connectivity index (χ2v) is 6.27. The number of carbonyl (C=O) groups excluding carboxylic acids is 1. The first-order valence-corrected chi connectivity index (χ1v) is 7.90. The summed E-state index contributed by atoms with van der Waals surface area (Å²) in [7, 11) is 0. The lowest BCUT2D eigenvalue weighted by Gasteiger charge is -2.18. The quantitative estimate of drug-likeness (QED) is 0.893. The Bertz CT molecular complexity index is 735. The van der Waals surface area contributed by atoms with Gasteiger partial charge in [-0.1, -0.05) is 18.2 Å². The molecule has 0 radical (unpaired) electrons. The van der Waals surface area contributed by atoms with Crippen LogP contribution in [0.3, 0.4) is 0 Å². The highest BCUT2D eigenvalue weighted by Crippen LogP contribution is 2.25. The van der Waals surface area contributed by atoms with E-state index in [-0.39, 0.29) is 5.91 Å². The van der Waals surface area contributed by atoms with Crippen LogP contribution in [0.4, 0.5) is 5.69 Å². The predicted octanol–water partition coefficient (Wildman–Crippen LogP) is 4.63. The van der Waals surface area contributed by atoms with Crippen molar-refractivity contribution < 1.29 is 9.53 Å². The van der Waals surface area contributed by atoms with Crippen LogP contribution in [0.5, 0.6) is 5.75 Å². The first-order chi connectivity index (χ1) is 10.8. The van der Waals surface area contributed by atoms with Crippen LogP contribution in [0.15, 0.2) is 30.3 Å². The van der Waals surface area contributed by atoms with Crippen molar-refractivity contribution >= 4 is 11.6 Å². The lowest BCUT2D eigenvalue weighted by Crippen LogP contribution is -2.30. The third-order valence-corrected chi connectivity index (χ3v) is 4.09. The molecule has 0 fully saturated rings. The third kappa shape index (κ3) is 4.13. The minimum Gasteiger partial charge on any atom is -0.481 e.